The smallest absolute Gasteiger partial charge is 0.0505 e. The summed E-state index contributed by atoms with van der Waals surface area (Å²) < 4.78 is 0. The maximum absolute atomic E-state index is 6.37. The molecule has 3 nitrogen and oxygen atoms in total. The number of likely N-dealkylation sites (N-methyl/N-ethyl adjacent to an activating group) is 2. The van der Waals surface area contributed by atoms with Gasteiger partial charge < -0.3 is 10.6 Å². The lowest BCUT2D eigenvalue weighted by Crippen LogP contribution is -2.44. The zero-order chi connectivity index (χ0) is 13.8. The van der Waals surface area contributed by atoms with Crippen molar-refractivity contribution in [1.29, 1.82) is 0 Å². The molecule has 3 atom stereocenters. The van der Waals surface area contributed by atoms with Crippen molar-refractivity contribution in [2.45, 2.75) is 44.3 Å². The van der Waals surface area contributed by atoms with Crippen LogP contribution in [0, 0.1) is 0 Å². The van der Waals surface area contributed by atoms with Gasteiger partial charge in [0.1, 0.15) is 0 Å². The van der Waals surface area contributed by atoms with Gasteiger partial charge in [0.25, 0.3) is 0 Å². The first kappa shape index (κ1) is 15.0. The molecule has 0 radical (unpaired) electrons. The fourth-order valence-corrected chi connectivity index (χ4v) is 3.84. The Kier molecular flexibility index (Phi) is 5.39. The lowest BCUT2D eigenvalue weighted by atomic mass is 9.98. The van der Waals surface area contributed by atoms with Gasteiger partial charge in [-0.15, -0.1) is 0 Å². The van der Waals surface area contributed by atoms with Crippen LogP contribution in [0.25, 0.3) is 0 Å². The van der Waals surface area contributed by atoms with Gasteiger partial charge in [-0.25, -0.2) is 0 Å². The molecule has 1 aromatic heterocycles. The van der Waals surface area contributed by atoms with E-state index in [1.165, 1.54) is 24.9 Å². The standard InChI is InChI=1S/C15H27N3S/c1-4-14(16)15(12-7-9-19-11-12)18(3)10-13-6-5-8-17(13)2/h7,9,11,13-15H,4-6,8,10,16H2,1-3H3. The molecule has 0 spiro atoms. The Morgan fingerprint density at radius 2 is 2.37 bits per heavy atom. The Balaban J connectivity index is 2.05. The number of hydrogen-bond acceptors (Lipinski definition) is 4. The fourth-order valence-electron chi connectivity index (χ4n) is 3.15. The van der Waals surface area contributed by atoms with E-state index in [9.17, 15) is 0 Å². The summed E-state index contributed by atoms with van der Waals surface area (Å²) in [5.74, 6) is 0. The lowest BCUT2D eigenvalue weighted by Gasteiger charge is -2.35. The molecule has 1 aliphatic rings. The van der Waals surface area contributed by atoms with Gasteiger partial charge in [-0.1, -0.05) is 6.92 Å². The third-order valence-electron chi connectivity index (χ3n) is 4.41. The SMILES string of the molecule is CCC(N)C(c1ccsc1)N(C)CC1CCCN1C. The van der Waals surface area contributed by atoms with Crippen LogP contribution in [0.15, 0.2) is 16.8 Å². The maximum Gasteiger partial charge on any atom is 0.0505 e. The normalized spacial score (nSPS) is 23.9. The van der Waals surface area contributed by atoms with E-state index in [1.807, 2.05) is 0 Å². The molecule has 4 heteroatoms. The molecule has 0 aromatic carbocycles. The molecule has 0 bridgehead atoms. The molecule has 2 rings (SSSR count). The Bertz CT molecular complexity index is 365. The molecule has 1 fully saturated rings. The van der Waals surface area contributed by atoms with Gasteiger partial charge in [0.2, 0.25) is 0 Å². The van der Waals surface area contributed by atoms with Crippen LogP contribution in [0.3, 0.4) is 0 Å². The fraction of sp³-hybridized carbons (Fsp3) is 0.733. The minimum Gasteiger partial charge on any atom is -0.326 e. The first-order valence-corrected chi connectivity index (χ1v) is 8.26. The third-order valence-corrected chi connectivity index (χ3v) is 5.11. The summed E-state index contributed by atoms with van der Waals surface area (Å²) >= 11 is 1.76. The number of nitrogens with zero attached hydrogens (tertiary/aromatic N) is 2. The lowest BCUT2D eigenvalue weighted by molar-refractivity contribution is 0.158. The molecule has 108 valence electrons. The van der Waals surface area contributed by atoms with E-state index >= 15 is 0 Å². The van der Waals surface area contributed by atoms with Crippen molar-refractivity contribution in [2.75, 3.05) is 27.2 Å². The van der Waals surface area contributed by atoms with E-state index in [-0.39, 0.29) is 6.04 Å². The van der Waals surface area contributed by atoms with Crippen LogP contribution in [0.2, 0.25) is 0 Å². The van der Waals surface area contributed by atoms with Gasteiger partial charge in [0.05, 0.1) is 6.04 Å². The summed E-state index contributed by atoms with van der Waals surface area (Å²) in [6, 6.07) is 3.48. The second kappa shape index (κ2) is 6.84. The van der Waals surface area contributed by atoms with E-state index in [4.69, 9.17) is 5.73 Å². The number of nitrogens with two attached hydrogens (primary N) is 1. The molecular weight excluding hydrogens is 254 g/mol. The first-order chi connectivity index (χ1) is 9.13. The Morgan fingerprint density at radius 1 is 1.58 bits per heavy atom. The Morgan fingerprint density at radius 3 is 2.89 bits per heavy atom. The Hall–Kier alpha value is -0.420. The minimum absolute atomic E-state index is 0.214. The van der Waals surface area contributed by atoms with E-state index in [0.29, 0.717) is 12.1 Å². The summed E-state index contributed by atoms with van der Waals surface area (Å²) in [5, 5.41) is 4.40. The molecule has 2 heterocycles. The zero-order valence-electron chi connectivity index (χ0n) is 12.4. The summed E-state index contributed by atoms with van der Waals surface area (Å²) in [6.45, 7) is 4.53. The first-order valence-electron chi connectivity index (χ1n) is 7.31. The van der Waals surface area contributed by atoms with Crippen molar-refractivity contribution in [3.63, 3.8) is 0 Å². The molecule has 0 aliphatic carbocycles. The summed E-state index contributed by atoms with van der Waals surface area (Å²) in [4.78, 5) is 4.95. The number of hydrogen-bond donors (Lipinski definition) is 1. The van der Waals surface area contributed by atoms with Crippen molar-refractivity contribution in [3.8, 4) is 0 Å². The highest BCUT2D eigenvalue weighted by Gasteiger charge is 2.28. The largest absolute Gasteiger partial charge is 0.326 e. The molecule has 19 heavy (non-hydrogen) atoms. The quantitative estimate of drug-likeness (QED) is 0.870. The zero-order valence-corrected chi connectivity index (χ0v) is 13.2. The van der Waals surface area contributed by atoms with Crippen molar-refractivity contribution < 1.29 is 0 Å². The van der Waals surface area contributed by atoms with Crippen LogP contribution >= 0.6 is 11.3 Å². The predicted molar refractivity (Wildman–Crippen MR) is 83.6 cm³/mol. The average molecular weight is 281 g/mol. The second-order valence-corrected chi connectivity index (χ2v) is 6.57. The topological polar surface area (TPSA) is 32.5 Å². The third kappa shape index (κ3) is 3.57. The van der Waals surface area contributed by atoms with Crippen molar-refractivity contribution >= 4 is 11.3 Å². The molecular formula is C15H27N3S. The predicted octanol–water partition coefficient (Wildman–Crippen LogP) is 2.55. The van der Waals surface area contributed by atoms with Crippen LogP contribution in [0.4, 0.5) is 0 Å². The van der Waals surface area contributed by atoms with Crippen LogP contribution in [0.1, 0.15) is 37.8 Å². The van der Waals surface area contributed by atoms with Gasteiger partial charge >= 0.3 is 0 Å². The molecule has 1 aliphatic heterocycles. The Labute approximate surface area is 121 Å². The molecule has 1 aromatic rings. The van der Waals surface area contributed by atoms with E-state index in [2.05, 4.69) is 47.6 Å². The second-order valence-electron chi connectivity index (χ2n) is 5.79. The highest BCUT2D eigenvalue weighted by atomic mass is 32.1. The van der Waals surface area contributed by atoms with Gasteiger partial charge in [0.15, 0.2) is 0 Å². The molecule has 0 amide bonds. The molecule has 0 saturated carbocycles. The monoisotopic (exact) mass is 281 g/mol. The van der Waals surface area contributed by atoms with Gasteiger partial charge in [0, 0.05) is 18.6 Å². The van der Waals surface area contributed by atoms with E-state index in [0.717, 1.165) is 13.0 Å². The minimum atomic E-state index is 0.214. The maximum atomic E-state index is 6.37. The highest BCUT2D eigenvalue weighted by molar-refractivity contribution is 7.07. The number of rotatable bonds is 6. The van der Waals surface area contributed by atoms with Gasteiger partial charge in [-0.3, -0.25) is 4.90 Å². The molecule has 1 saturated heterocycles. The van der Waals surface area contributed by atoms with Crippen molar-refractivity contribution in [1.82, 2.24) is 9.80 Å². The van der Waals surface area contributed by atoms with E-state index in [1.54, 1.807) is 11.3 Å². The van der Waals surface area contributed by atoms with Gasteiger partial charge in [-0.05, 0) is 62.3 Å². The summed E-state index contributed by atoms with van der Waals surface area (Å²) in [7, 11) is 4.47. The van der Waals surface area contributed by atoms with Crippen LogP contribution < -0.4 is 5.73 Å². The van der Waals surface area contributed by atoms with Crippen LogP contribution in [-0.4, -0.2) is 49.1 Å². The average Bonchev–Trinajstić information content (AvgIpc) is 3.03. The van der Waals surface area contributed by atoms with Crippen molar-refractivity contribution in [2.24, 2.45) is 5.73 Å². The highest BCUT2D eigenvalue weighted by Crippen LogP contribution is 2.27. The summed E-state index contributed by atoms with van der Waals surface area (Å²) in [5.41, 5.74) is 7.74. The van der Waals surface area contributed by atoms with Gasteiger partial charge in [-0.2, -0.15) is 11.3 Å². The van der Waals surface area contributed by atoms with Crippen LogP contribution in [-0.2, 0) is 0 Å². The van der Waals surface area contributed by atoms with Crippen molar-refractivity contribution in [3.05, 3.63) is 22.4 Å². The molecule has 2 N–H and O–H groups in total. The van der Waals surface area contributed by atoms with Crippen LogP contribution in [0.5, 0.6) is 0 Å². The number of likely N-dealkylation sites (tertiary alicyclic amines) is 1. The molecule has 3 unspecified atom stereocenters. The number of thiophene rings is 1. The van der Waals surface area contributed by atoms with E-state index < -0.39 is 0 Å². The summed E-state index contributed by atoms with van der Waals surface area (Å²) in [6.07, 6.45) is 3.67.